The van der Waals surface area contributed by atoms with Crippen LogP contribution in [0.3, 0.4) is 0 Å². The fourth-order valence-electron chi connectivity index (χ4n) is 1.23. The molecule has 1 aromatic rings. The maximum Gasteiger partial charge on any atom is 0.222 e. The molecule has 0 unspecified atom stereocenters. The number of hydrogen-bond donors (Lipinski definition) is 2. The lowest BCUT2D eigenvalue weighted by Gasteiger charge is -2.04. The van der Waals surface area contributed by atoms with E-state index in [0.29, 0.717) is 19.5 Å². The molecule has 0 radical (unpaired) electrons. The topological polar surface area (TPSA) is 41.1 Å². The van der Waals surface area contributed by atoms with Crippen LogP contribution in [0.5, 0.6) is 0 Å². The van der Waals surface area contributed by atoms with E-state index in [4.69, 9.17) is 6.42 Å². The van der Waals surface area contributed by atoms with E-state index in [1.165, 1.54) is 10.4 Å². The molecule has 86 valence electrons. The number of thiophene rings is 1. The summed E-state index contributed by atoms with van der Waals surface area (Å²) in [4.78, 5) is 12.5. The van der Waals surface area contributed by atoms with Crippen molar-refractivity contribution in [2.75, 3.05) is 13.1 Å². The van der Waals surface area contributed by atoms with Crippen LogP contribution in [0.15, 0.2) is 11.4 Å². The van der Waals surface area contributed by atoms with Crippen LogP contribution in [0.4, 0.5) is 0 Å². The van der Waals surface area contributed by atoms with Gasteiger partial charge in [-0.25, -0.2) is 0 Å². The molecular formula is C12H16N2OS. The normalized spacial score (nSPS) is 9.75. The van der Waals surface area contributed by atoms with Gasteiger partial charge in [0.05, 0.1) is 6.54 Å². The molecule has 0 spiro atoms. The Bertz CT molecular complexity index is 379. The first-order valence-electron chi connectivity index (χ1n) is 5.18. The highest BCUT2D eigenvalue weighted by molar-refractivity contribution is 7.10. The number of carbonyl (C=O) groups is 1. The molecule has 1 amide bonds. The van der Waals surface area contributed by atoms with E-state index in [-0.39, 0.29) is 5.91 Å². The van der Waals surface area contributed by atoms with Gasteiger partial charge in [-0.05, 0) is 23.9 Å². The van der Waals surface area contributed by atoms with Gasteiger partial charge in [0, 0.05) is 24.4 Å². The second-order valence-corrected chi connectivity index (χ2v) is 4.44. The lowest BCUT2D eigenvalue weighted by atomic mass is 10.3. The van der Waals surface area contributed by atoms with Gasteiger partial charge in [0.2, 0.25) is 5.91 Å². The minimum Gasteiger partial charge on any atom is -0.345 e. The molecule has 0 aliphatic carbocycles. The van der Waals surface area contributed by atoms with Gasteiger partial charge < -0.3 is 10.6 Å². The molecule has 3 nitrogen and oxygen atoms in total. The average molecular weight is 236 g/mol. The van der Waals surface area contributed by atoms with Crippen LogP contribution in [-0.2, 0) is 11.3 Å². The van der Waals surface area contributed by atoms with Crippen LogP contribution in [0.25, 0.3) is 0 Å². The van der Waals surface area contributed by atoms with Gasteiger partial charge in [-0.1, -0.05) is 5.92 Å². The maximum absolute atomic E-state index is 11.2. The molecule has 0 aliphatic heterocycles. The number of terminal acetylenes is 1. The molecule has 0 saturated carbocycles. The lowest BCUT2D eigenvalue weighted by molar-refractivity contribution is -0.120. The molecular weight excluding hydrogens is 220 g/mol. The lowest BCUT2D eigenvalue weighted by Crippen LogP contribution is -2.27. The first kappa shape index (κ1) is 12.8. The molecule has 0 saturated heterocycles. The third-order valence-electron chi connectivity index (χ3n) is 2.17. The summed E-state index contributed by atoms with van der Waals surface area (Å²) >= 11 is 1.73. The minimum atomic E-state index is -0.00616. The summed E-state index contributed by atoms with van der Waals surface area (Å²) in [6.07, 6.45) is 5.50. The molecule has 1 rings (SSSR count). The second-order valence-electron chi connectivity index (χ2n) is 3.43. The molecule has 1 heterocycles. The number of hydrogen-bond acceptors (Lipinski definition) is 3. The van der Waals surface area contributed by atoms with Crippen LogP contribution >= 0.6 is 11.3 Å². The molecule has 16 heavy (non-hydrogen) atoms. The third-order valence-corrected chi connectivity index (χ3v) is 3.19. The van der Waals surface area contributed by atoms with Gasteiger partial charge in [0.15, 0.2) is 0 Å². The molecule has 0 bridgehead atoms. The van der Waals surface area contributed by atoms with Crippen LogP contribution in [0.2, 0.25) is 0 Å². The van der Waals surface area contributed by atoms with Crippen molar-refractivity contribution < 1.29 is 4.79 Å². The number of amides is 1. The van der Waals surface area contributed by atoms with Crippen LogP contribution in [0.1, 0.15) is 16.9 Å². The highest BCUT2D eigenvalue weighted by Crippen LogP contribution is 2.14. The number of rotatable bonds is 6. The quantitative estimate of drug-likeness (QED) is 0.577. The summed E-state index contributed by atoms with van der Waals surface area (Å²) < 4.78 is 0. The predicted octanol–water partition coefficient (Wildman–Crippen LogP) is 1.29. The zero-order chi connectivity index (χ0) is 11.8. The van der Waals surface area contributed by atoms with Crippen molar-refractivity contribution in [1.82, 2.24) is 10.6 Å². The van der Waals surface area contributed by atoms with Crippen LogP contribution < -0.4 is 10.6 Å². The van der Waals surface area contributed by atoms with Gasteiger partial charge in [-0.2, -0.15) is 0 Å². The molecule has 1 aromatic heterocycles. The molecule has 0 fully saturated rings. The van der Waals surface area contributed by atoms with Crippen molar-refractivity contribution in [2.45, 2.75) is 19.9 Å². The van der Waals surface area contributed by atoms with E-state index >= 15 is 0 Å². The first-order valence-corrected chi connectivity index (χ1v) is 6.06. The minimum absolute atomic E-state index is 0.00616. The Labute approximate surface area is 100 Å². The molecule has 0 atom stereocenters. The van der Waals surface area contributed by atoms with E-state index in [1.54, 1.807) is 11.3 Å². The Morgan fingerprint density at radius 3 is 3.06 bits per heavy atom. The average Bonchev–Trinajstić information content (AvgIpc) is 2.67. The van der Waals surface area contributed by atoms with E-state index in [1.807, 2.05) is 0 Å². The van der Waals surface area contributed by atoms with Gasteiger partial charge in [0.1, 0.15) is 0 Å². The standard InChI is InChI=1S/C12H16N2OS/c1-3-6-14-12(15)4-7-13-9-11-10(2)5-8-16-11/h1,5,8,13H,4,6-7,9H2,2H3,(H,14,15). The van der Waals surface area contributed by atoms with Crippen molar-refractivity contribution in [3.8, 4) is 12.3 Å². The van der Waals surface area contributed by atoms with Gasteiger partial charge in [-0.3, -0.25) is 4.79 Å². The van der Waals surface area contributed by atoms with E-state index in [9.17, 15) is 4.79 Å². The Hall–Kier alpha value is -1.31. The van der Waals surface area contributed by atoms with Crippen LogP contribution in [-0.4, -0.2) is 19.0 Å². The maximum atomic E-state index is 11.2. The van der Waals surface area contributed by atoms with Gasteiger partial charge in [-0.15, -0.1) is 17.8 Å². The second kappa shape index (κ2) is 7.04. The Morgan fingerprint density at radius 1 is 1.62 bits per heavy atom. The fraction of sp³-hybridized carbons (Fsp3) is 0.417. The Kier molecular flexibility index (Phi) is 5.62. The molecule has 0 aliphatic rings. The number of nitrogens with one attached hydrogen (secondary N) is 2. The fourth-order valence-corrected chi connectivity index (χ4v) is 2.10. The van der Waals surface area contributed by atoms with Gasteiger partial charge >= 0.3 is 0 Å². The van der Waals surface area contributed by atoms with E-state index in [0.717, 1.165) is 6.54 Å². The zero-order valence-corrected chi connectivity index (χ0v) is 10.2. The number of aryl methyl sites for hydroxylation is 1. The van der Waals surface area contributed by atoms with Crippen molar-refractivity contribution in [1.29, 1.82) is 0 Å². The highest BCUT2D eigenvalue weighted by atomic mass is 32.1. The van der Waals surface area contributed by atoms with Crippen molar-refractivity contribution in [2.24, 2.45) is 0 Å². The van der Waals surface area contributed by atoms with E-state index < -0.39 is 0 Å². The highest BCUT2D eigenvalue weighted by Gasteiger charge is 2.01. The number of carbonyl (C=O) groups excluding carboxylic acids is 1. The summed E-state index contributed by atoms with van der Waals surface area (Å²) in [7, 11) is 0. The largest absolute Gasteiger partial charge is 0.345 e. The third kappa shape index (κ3) is 4.47. The summed E-state index contributed by atoms with van der Waals surface area (Å²) in [5.41, 5.74) is 1.30. The Balaban J connectivity index is 2.11. The smallest absolute Gasteiger partial charge is 0.222 e. The predicted molar refractivity (Wildman–Crippen MR) is 67.2 cm³/mol. The summed E-state index contributed by atoms with van der Waals surface area (Å²) in [5.74, 6) is 2.36. The SMILES string of the molecule is C#CCNC(=O)CCNCc1sccc1C. The van der Waals surface area contributed by atoms with Crippen LogP contribution in [0, 0.1) is 19.3 Å². The molecule has 2 N–H and O–H groups in total. The Morgan fingerprint density at radius 2 is 2.44 bits per heavy atom. The van der Waals surface area contributed by atoms with E-state index in [2.05, 4.69) is 34.9 Å². The van der Waals surface area contributed by atoms with Gasteiger partial charge in [0.25, 0.3) is 0 Å². The zero-order valence-electron chi connectivity index (χ0n) is 9.38. The van der Waals surface area contributed by atoms with Crippen molar-refractivity contribution in [3.05, 3.63) is 21.9 Å². The monoisotopic (exact) mass is 236 g/mol. The van der Waals surface area contributed by atoms with Crippen molar-refractivity contribution >= 4 is 17.2 Å². The molecule has 0 aromatic carbocycles. The summed E-state index contributed by atoms with van der Waals surface area (Å²) in [5, 5.41) is 7.93. The first-order chi connectivity index (χ1) is 7.74. The van der Waals surface area contributed by atoms with Crippen molar-refractivity contribution in [3.63, 3.8) is 0 Å². The molecule has 4 heteroatoms. The summed E-state index contributed by atoms with van der Waals surface area (Å²) in [6.45, 7) is 3.90. The summed E-state index contributed by atoms with van der Waals surface area (Å²) in [6, 6.07) is 2.10.